The minimum absolute atomic E-state index is 0.870. The van der Waals surface area contributed by atoms with Crippen molar-refractivity contribution in [2.24, 2.45) is 0 Å². The van der Waals surface area contributed by atoms with Crippen LogP contribution in [0.2, 0.25) is 0 Å². The quantitative estimate of drug-likeness (QED) is 0.782. The average molecular weight is 278 g/mol. The van der Waals surface area contributed by atoms with Crippen molar-refractivity contribution in [2.75, 3.05) is 27.2 Å². The van der Waals surface area contributed by atoms with Gasteiger partial charge in [0.1, 0.15) is 11.8 Å². The number of quaternary nitrogens is 1. The van der Waals surface area contributed by atoms with E-state index < -0.39 is 0 Å². The molecule has 0 N–H and O–H groups in total. The van der Waals surface area contributed by atoms with Gasteiger partial charge in [-0.2, -0.15) is 0 Å². The van der Waals surface area contributed by atoms with Gasteiger partial charge >= 0.3 is 0 Å². The van der Waals surface area contributed by atoms with Crippen LogP contribution in [0.3, 0.4) is 0 Å². The predicted molar refractivity (Wildman–Crippen MR) is 81.6 cm³/mol. The summed E-state index contributed by atoms with van der Waals surface area (Å²) in [6.45, 7) is 2.80. The maximum atomic E-state index is 5.21. The van der Waals surface area contributed by atoms with Crippen LogP contribution >= 0.6 is 11.8 Å². The van der Waals surface area contributed by atoms with Crippen molar-refractivity contribution in [1.29, 1.82) is 0 Å². The molecule has 3 heteroatoms. The van der Waals surface area contributed by atoms with E-state index in [0.29, 0.717) is 0 Å². The Balaban J connectivity index is 1.57. The number of thioether (sulfide) groups is 1. The molecule has 2 nitrogen and oxygen atoms in total. The van der Waals surface area contributed by atoms with Crippen molar-refractivity contribution < 1.29 is 9.22 Å². The fraction of sp³-hybridized carbons (Fsp3) is 0.625. The molecule has 2 unspecified atom stereocenters. The summed E-state index contributed by atoms with van der Waals surface area (Å²) in [5.41, 5.74) is 1.42. The van der Waals surface area contributed by atoms with Crippen LogP contribution in [0.1, 0.15) is 24.8 Å². The third kappa shape index (κ3) is 2.63. The SMILES string of the molecule is COc1ccc(CSC2CC[N+]3(C)CCC[C@@H]23)cc1. The highest BCUT2D eigenvalue weighted by Gasteiger charge is 2.48. The maximum Gasteiger partial charge on any atom is 0.118 e. The zero-order valence-electron chi connectivity index (χ0n) is 12.0. The Morgan fingerprint density at radius 1 is 1.21 bits per heavy atom. The fourth-order valence-electron chi connectivity index (χ4n) is 3.74. The molecule has 2 aliphatic heterocycles. The third-order valence-electron chi connectivity index (χ3n) is 4.95. The van der Waals surface area contributed by atoms with Crippen molar-refractivity contribution in [1.82, 2.24) is 0 Å². The van der Waals surface area contributed by atoms with Crippen LogP contribution in [0, 0.1) is 0 Å². The zero-order chi connectivity index (χ0) is 13.3. The normalized spacial score (nSPS) is 33.4. The van der Waals surface area contributed by atoms with Crippen LogP contribution in [0.5, 0.6) is 5.75 Å². The lowest BCUT2D eigenvalue weighted by atomic mass is 10.1. The minimum atomic E-state index is 0.870. The first kappa shape index (κ1) is 13.3. The number of hydrogen-bond acceptors (Lipinski definition) is 2. The molecule has 2 saturated heterocycles. The summed E-state index contributed by atoms with van der Waals surface area (Å²) in [6, 6.07) is 9.45. The van der Waals surface area contributed by atoms with Crippen molar-refractivity contribution in [3.05, 3.63) is 29.8 Å². The van der Waals surface area contributed by atoms with E-state index in [-0.39, 0.29) is 0 Å². The van der Waals surface area contributed by atoms with Gasteiger partial charge in [0.15, 0.2) is 0 Å². The highest BCUT2D eigenvalue weighted by Crippen LogP contribution is 2.41. The molecular formula is C16H24NOS+. The minimum Gasteiger partial charge on any atom is -0.497 e. The van der Waals surface area contributed by atoms with Crippen LogP contribution in [0.25, 0.3) is 0 Å². The second kappa shape index (κ2) is 5.37. The number of rotatable bonds is 4. The summed E-state index contributed by atoms with van der Waals surface area (Å²) in [4.78, 5) is 0. The second-order valence-electron chi connectivity index (χ2n) is 6.12. The summed E-state index contributed by atoms with van der Waals surface area (Å²) in [6.07, 6.45) is 4.28. The highest BCUT2D eigenvalue weighted by atomic mass is 32.2. The topological polar surface area (TPSA) is 9.23 Å². The average Bonchev–Trinajstić information content (AvgIpc) is 2.94. The number of hydrogen-bond donors (Lipinski definition) is 0. The van der Waals surface area contributed by atoms with E-state index in [9.17, 15) is 0 Å². The lowest BCUT2D eigenvalue weighted by Gasteiger charge is -2.31. The summed E-state index contributed by atoms with van der Waals surface area (Å²) in [7, 11) is 4.19. The van der Waals surface area contributed by atoms with Crippen LogP contribution in [0.4, 0.5) is 0 Å². The Labute approximate surface area is 120 Å². The molecule has 0 amide bonds. The molecule has 0 bridgehead atoms. The van der Waals surface area contributed by atoms with Crippen molar-refractivity contribution in [2.45, 2.75) is 36.3 Å². The smallest absolute Gasteiger partial charge is 0.118 e. The molecule has 2 fully saturated rings. The molecule has 104 valence electrons. The van der Waals surface area contributed by atoms with E-state index in [0.717, 1.165) is 22.8 Å². The molecule has 3 rings (SSSR count). The number of methoxy groups -OCH3 is 1. The number of ether oxygens (including phenoxy) is 1. The first-order chi connectivity index (χ1) is 9.21. The summed E-state index contributed by atoms with van der Waals surface area (Å²) in [5, 5.41) is 0.870. The zero-order valence-corrected chi connectivity index (χ0v) is 12.8. The van der Waals surface area contributed by atoms with Crippen molar-refractivity contribution in [3.8, 4) is 5.75 Å². The van der Waals surface area contributed by atoms with Crippen LogP contribution in [-0.4, -0.2) is 43.0 Å². The van der Waals surface area contributed by atoms with Gasteiger partial charge in [-0.25, -0.2) is 0 Å². The Kier molecular flexibility index (Phi) is 3.77. The summed E-state index contributed by atoms with van der Waals surface area (Å²) in [5.74, 6) is 2.10. The standard InChI is InChI=1S/C16H24NOS/c1-17-10-3-4-15(17)16(9-11-17)19-12-13-5-7-14(18-2)8-6-13/h5-8,15-16H,3-4,9-12H2,1-2H3/q+1/t15-,16?,17?/m0/s1. The van der Waals surface area contributed by atoms with Crippen molar-refractivity contribution in [3.63, 3.8) is 0 Å². The number of benzene rings is 1. The molecule has 0 aromatic heterocycles. The Morgan fingerprint density at radius 2 is 2.00 bits per heavy atom. The molecule has 1 aromatic carbocycles. The van der Waals surface area contributed by atoms with Gasteiger partial charge in [-0.15, -0.1) is 11.8 Å². The lowest BCUT2D eigenvalue weighted by Crippen LogP contribution is -2.45. The first-order valence-corrected chi connectivity index (χ1v) is 8.35. The lowest BCUT2D eigenvalue weighted by molar-refractivity contribution is -0.908. The summed E-state index contributed by atoms with van der Waals surface area (Å²) >= 11 is 2.17. The first-order valence-electron chi connectivity index (χ1n) is 7.30. The molecule has 0 radical (unpaired) electrons. The van der Waals surface area contributed by atoms with Gasteiger partial charge in [-0.05, 0) is 17.7 Å². The second-order valence-corrected chi connectivity index (χ2v) is 7.35. The molecule has 3 atom stereocenters. The largest absolute Gasteiger partial charge is 0.497 e. The Hall–Kier alpha value is -0.670. The summed E-state index contributed by atoms with van der Waals surface area (Å²) < 4.78 is 6.56. The monoisotopic (exact) mass is 278 g/mol. The molecule has 1 aromatic rings. The van der Waals surface area contributed by atoms with E-state index in [1.165, 1.54) is 42.4 Å². The van der Waals surface area contributed by atoms with Gasteiger partial charge in [0.05, 0.1) is 32.5 Å². The van der Waals surface area contributed by atoms with Gasteiger partial charge in [0.25, 0.3) is 0 Å². The molecular weight excluding hydrogens is 254 g/mol. The fourth-order valence-corrected chi connectivity index (χ4v) is 5.26. The number of fused-ring (bicyclic) bond motifs is 1. The van der Waals surface area contributed by atoms with E-state index in [2.05, 4.69) is 43.1 Å². The van der Waals surface area contributed by atoms with Crippen LogP contribution in [0.15, 0.2) is 24.3 Å². The van der Waals surface area contributed by atoms with Crippen molar-refractivity contribution >= 4 is 11.8 Å². The van der Waals surface area contributed by atoms with Crippen LogP contribution in [-0.2, 0) is 5.75 Å². The van der Waals surface area contributed by atoms with Gasteiger partial charge in [-0.3, -0.25) is 0 Å². The Morgan fingerprint density at radius 3 is 2.74 bits per heavy atom. The molecule has 19 heavy (non-hydrogen) atoms. The van der Waals surface area contributed by atoms with Gasteiger partial charge < -0.3 is 9.22 Å². The molecule has 0 saturated carbocycles. The maximum absolute atomic E-state index is 5.21. The molecule has 2 aliphatic rings. The molecule has 0 aliphatic carbocycles. The van der Waals surface area contributed by atoms with Gasteiger partial charge in [0, 0.05) is 25.0 Å². The van der Waals surface area contributed by atoms with Gasteiger partial charge in [-0.1, -0.05) is 12.1 Å². The van der Waals surface area contributed by atoms with E-state index >= 15 is 0 Å². The van der Waals surface area contributed by atoms with E-state index in [1.807, 2.05) is 0 Å². The predicted octanol–water partition coefficient (Wildman–Crippen LogP) is 3.31. The number of nitrogens with zero attached hydrogens (tertiary/aromatic N) is 1. The van der Waals surface area contributed by atoms with Crippen LogP contribution < -0.4 is 4.74 Å². The highest BCUT2D eigenvalue weighted by molar-refractivity contribution is 7.99. The molecule has 2 heterocycles. The van der Waals surface area contributed by atoms with E-state index in [4.69, 9.17) is 4.74 Å². The van der Waals surface area contributed by atoms with E-state index in [1.54, 1.807) is 7.11 Å². The Bertz CT molecular complexity index is 433. The molecule has 0 spiro atoms. The van der Waals surface area contributed by atoms with Gasteiger partial charge in [0.2, 0.25) is 0 Å². The third-order valence-corrected chi connectivity index (χ3v) is 6.42.